The molecule has 3 N–H and O–H groups in total. The maximum Gasteiger partial charge on any atom is 0.271 e. The first-order chi connectivity index (χ1) is 14.6. The fourth-order valence-electron chi connectivity index (χ4n) is 4.11. The number of nitrogens with one attached hydrogen (secondary N) is 1. The van der Waals surface area contributed by atoms with E-state index in [1.54, 1.807) is 6.20 Å². The lowest BCUT2D eigenvalue weighted by atomic mass is 9.98. The molecule has 4 rings (SSSR count). The zero-order chi connectivity index (χ0) is 20.9. The van der Waals surface area contributed by atoms with Gasteiger partial charge in [0, 0.05) is 43.5 Å². The monoisotopic (exact) mass is 408 g/mol. The van der Waals surface area contributed by atoms with Crippen molar-refractivity contribution in [1.29, 1.82) is 0 Å². The number of piperidine rings is 2. The predicted octanol–water partition coefficient (Wildman–Crippen LogP) is 2.72. The molecule has 8 heteroatoms. The van der Waals surface area contributed by atoms with Crippen LogP contribution in [0.5, 0.6) is 0 Å². The van der Waals surface area contributed by atoms with Gasteiger partial charge in [-0.15, -0.1) is 0 Å². The Kier molecular flexibility index (Phi) is 6.11. The first-order valence-electron chi connectivity index (χ1n) is 10.6. The van der Waals surface area contributed by atoms with Gasteiger partial charge in [-0.1, -0.05) is 0 Å². The van der Waals surface area contributed by atoms with Crippen LogP contribution in [0.2, 0.25) is 0 Å². The topological polar surface area (TPSA) is 104 Å². The third kappa shape index (κ3) is 4.53. The number of aldehydes is 1. The molecule has 2 saturated heterocycles. The molecule has 0 unspecified atom stereocenters. The normalized spacial score (nSPS) is 17.6. The van der Waals surface area contributed by atoms with Crippen LogP contribution in [-0.4, -0.2) is 48.3 Å². The number of hydrogen-bond acceptors (Lipinski definition) is 7. The van der Waals surface area contributed by atoms with Crippen LogP contribution in [0.25, 0.3) is 0 Å². The zero-order valence-electron chi connectivity index (χ0n) is 17.1. The highest BCUT2D eigenvalue weighted by atomic mass is 16.1. The van der Waals surface area contributed by atoms with E-state index in [2.05, 4.69) is 25.1 Å². The molecule has 158 valence electrons. The summed E-state index contributed by atoms with van der Waals surface area (Å²) in [6, 6.07) is 7.99. The molecule has 0 spiro atoms. The largest absolute Gasteiger partial charge is 0.371 e. The molecule has 0 saturated carbocycles. The van der Waals surface area contributed by atoms with E-state index in [4.69, 9.17) is 5.73 Å². The molecule has 3 heterocycles. The Balaban J connectivity index is 1.50. The first kappa shape index (κ1) is 20.1. The summed E-state index contributed by atoms with van der Waals surface area (Å²) in [6.07, 6.45) is 7.98. The Morgan fingerprint density at radius 2 is 1.73 bits per heavy atom. The van der Waals surface area contributed by atoms with E-state index in [1.807, 2.05) is 24.3 Å². The summed E-state index contributed by atoms with van der Waals surface area (Å²) in [7, 11) is 0. The Bertz CT molecular complexity index is 887. The van der Waals surface area contributed by atoms with Gasteiger partial charge in [-0.2, -0.15) is 0 Å². The van der Waals surface area contributed by atoms with Crippen molar-refractivity contribution in [2.75, 3.05) is 41.3 Å². The van der Waals surface area contributed by atoms with E-state index in [-0.39, 0.29) is 11.6 Å². The summed E-state index contributed by atoms with van der Waals surface area (Å²) in [5.41, 5.74) is 7.58. The average Bonchev–Trinajstić information content (AvgIpc) is 2.80. The maximum atomic E-state index is 11.8. The molecular weight excluding hydrogens is 380 g/mol. The lowest BCUT2D eigenvalue weighted by Gasteiger charge is -2.31. The highest BCUT2D eigenvalue weighted by Crippen LogP contribution is 2.26. The molecule has 2 aromatic rings. The molecule has 1 aromatic carbocycles. The molecule has 0 bridgehead atoms. The zero-order valence-corrected chi connectivity index (χ0v) is 17.1. The molecule has 0 atom stereocenters. The van der Waals surface area contributed by atoms with Crippen LogP contribution in [0, 0.1) is 5.92 Å². The lowest BCUT2D eigenvalue weighted by Crippen LogP contribution is -2.34. The van der Waals surface area contributed by atoms with Gasteiger partial charge in [0.15, 0.2) is 11.5 Å². The van der Waals surface area contributed by atoms with Gasteiger partial charge in [-0.3, -0.25) is 4.79 Å². The summed E-state index contributed by atoms with van der Waals surface area (Å²) < 4.78 is 0. The number of nitrogens with zero attached hydrogens (tertiary/aromatic N) is 4. The first-order valence-corrected chi connectivity index (χ1v) is 10.6. The van der Waals surface area contributed by atoms with Crippen LogP contribution in [-0.2, 0) is 4.79 Å². The second-order valence-corrected chi connectivity index (χ2v) is 7.97. The standard InChI is InChI=1S/C22H28N6O2/c23-21(30)20-22(26-19(14-24-20)28-10-2-1-3-11-28)25-17-4-6-18(7-5-17)27-12-8-16(15-29)9-13-27/h4-7,14-16H,1-3,8-13H2,(H2,23,30)(H,25,26). The van der Waals surface area contributed by atoms with Crippen molar-refractivity contribution in [3.8, 4) is 0 Å². The van der Waals surface area contributed by atoms with E-state index in [0.717, 1.165) is 75.3 Å². The number of anilines is 4. The van der Waals surface area contributed by atoms with Gasteiger partial charge in [-0.25, -0.2) is 9.97 Å². The summed E-state index contributed by atoms with van der Waals surface area (Å²) in [6.45, 7) is 3.65. The fourth-order valence-corrected chi connectivity index (χ4v) is 4.11. The molecule has 0 radical (unpaired) electrons. The third-order valence-corrected chi connectivity index (χ3v) is 5.90. The lowest BCUT2D eigenvalue weighted by molar-refractivity contribution is -0.111. The molecule has 2 aliphatic heterocycles. The van der Waals surface area contributed by atoms with E-state index in [0.29, 0.717) is 5.82 Å². The van der Waals surface area contributed by atoms with Gasteiger partial charge in [0.1, 0.15) is 12.1 Å². The van der Waals surface area contributed by atoms with Crippen molar-refractivity contribution >= 4 is 35.2 Å². The third-order valence-electron chi connectivity index (χ3n) is 5.90. The second-order valence-electron chi connectivity index (χ2n) is 7.97. The van der Waals surface area contributed by atoms with E-state index in [1.165, 1.54) is 6.42 Å². The predicted molar refractivity (Wildman–Crippen MR) is 117 cm³/mol. The Morgan fingerprint density at radius 1 is 1.03 bits per heavy atom. The number of carbonyl (C=O) groups excluding carboxylic acids is 2. The summed E-state index contributed by atoms with van der Waals surface area (Å²) >= 11 is 0. The number of carbonyl (C=O) groups is 2. The highest BCUT2D eigenvalue weighted by Gasteiger charge is 2.20. The number of benzene rings is 1. The maximum absolute atomic E-state index is 11.8. The quantitative estimate of drug-likeness (QED) is 0.708. The molecular formula is C22H28N6O2. The smallest absolute Gasteiger partial charge is 0.271 e. The molecule has 1 amide bonds. The number of hydrogen-bond donors (Lipinski definition) is 2. The van der Waals surface area contributed by atoms with Crippen molar-refractivity contribution < 1.29 is 9.59 Å². The van der Waals surface area contributed by atoms with E-state index >= 15 is 0 Å². The number of aromatic nitrogens is 2. The van der Waals surface area contributed by atoms with Crippen LogP contribution in [0.3, 0.4) is 0 Å². The minimum Gasteiger partial charge on any atom is -0.371 e. The SMILES string of the molecule is NC(=O)c1ncc(N2CCCCC2)nc1Nc1ccc(N2CCC(C=O)CC2)cc1. The average molecular weight is 409 g/mol. The number of rotatable bonds is 6. The summed E-state index contributed by atoms with van der Waals surface area (Å²) in [4.78, 5) is 36.2. The Hall–Kier alpha value is -3.16. The van der Waals surface area contributed by atoms with Crippen molar-refractivity contribution in [2.45, 2.75) is 32.1 Å². The Morgan fingerprint density at radius 3 is 2.37 bits per heavy atom. The molecule has 30 heavy (non-hydrogen) atoms. The van der Waals surface area contributed by atoms with Gasteiger partial charge in [-0.05, 0) is 56.4 Å². The molecule has 1 aromatic heterocycles. The summed E-state index contributed by atoms with van der Waals surface area (Å²) in [5.74, 6) is 0.715. The summed E-state index contributed by atoms with van der Waals surface area (Å²) in [5, 5.41) is 3.21. The number of amides is 1. The van der Waals surface area contributed by atoms with Crippen molar-refractivity contribution in [2.24, 2.45) is 11.7 Å². The minimum absolute atomic E-state index is 0.135. The van der Waals surface area contributed by atoms with Crippen LogP contribution in [0.15, 0.2) is 30.5 Å². The van der Waals surface area contributed by atoms with Gasteiger partial charge in [0.2, 0.25) is 0 Å². The van der Waals surface area contributed by atoms with Gasteiger partial charge in [0.05, 0.1) is 6.20 Å². The van der Waals surface area contributed by atoms with Crippen LogP contribution in [0.4, 0.5) is 23.0 Å². The fraction of sp³-hybridized carbons (Fsp3) is 0.455. The Labute approximate surface area is 176 Å². The minimum atomic E-state index is -0.607. The van der Waals surface area contributed by atoms with Crippen molar-refractivity contribution in [3.05, 3.63) is 36.2 Å². The highest BCUT2D eigenvalue weighted by molar-refractivity contribution is 5.96. The number of nitrogens with two attached hydrogens (primary N) is 1. The van der Waals surface area contributed by atoms with E-state index < -0.39 is 5.91 Å². The van der Waals surface area contributed by atoms with E-state index in [9.17, 15) is 9.59 Å². The van der Waals surface area contributed by atoms with Crippen LogP contribution < -0.4 is 20.9 Å². The number of primary amides is 1. The molecule has 0 aliphatic carbocycles. The second kappa shape index (κ2) is 9.11. The van der Waals surface area contributed by atoms with Gasteiger partial charge >= 0.3 is 0 Å². The van der Waals surface area contributed by atoms with Crippen molar-refractivity contribution in [1.82, 2.24) is 9.97 Å². The van der Waals surface area contributed by atoms with Gasteiger partial charge < -0.3 is 25.6 Å². The van der Waals surface area contributed by atoms with Gasteiger partial charge in [0.25, 0.3) is 5.91 Å². The van der Waals surface area contributed by atoms with Crippen molar-refractivity contribution in [3.63, 3.8) is 0 Å². The molecule has 2 fully saturated rings. The molecule has 8 nitrogen and oxygen atoms in total. The van der Waals surface area contributed by atoms with Crippen LogP contribution in [0.1, 0.15) is 42.6 Å². The van der Waals surface area contributed by atoms with Crippen LogP contribution >= 0.6 is 0 Å². The molecule has 2 aliphatic rings.